The number of fused-ring (bicyclic) bond motifs is 6. The van der Waals surface area contributed by atoms with Gasteiger partial charge in [0.15, 0.2) is 0 Å². The highest BCUT2D eigenvalue weighted by Gasteiger charge is 2.24. The summed E-state index contributed by atoms with van der Waals surface area (Å²) < 4.78 is 0. The highest BCUT2D eigenvalue weighted by molar-refractivity contribution is 6.08. The molecule has 0 saturated carbocycles. The van der Waals surface area contributed by atoms with Gasteiger partial charge in [0.2, 0.25) is 0 Å². The van der Waals surface area contributed by atoms with Crippen molar-refractivity contribution in [2.45, 2.75) is 38.0 Å². The maximum absolute atomic E-state index is 13.2. The molecule has 156 valence electrons. The molecule has 0 aromatic heterocycles. The number of carbonyl (C=O) groups is 1. The van der Waals surface area contributed by atoms with Gasteiger partial charge in [-0.1, -0.05) is 91.0 Å². The summed E-state index contributed by atoms with van der Waals surface area (Å²) in [6.45, 7) is 0. The van der Waals surface area contributed by atoms with Gasteiger partial charge in [0, 0.05) is 12.8 Å². The minimum atomic E-state index is 0.331. The van der Waals surface area contributed by atoms with Crippen molar-refractivity contribution >= 4 is 38.1 Å². The molecule has 0 aliphatic heterocycles. The van der Waals surface area contributed by atoms with Crippen molar-refractivity contribution in [3.63, 3.8) is 0 Å². The molecule has 32 heavy (non-hydrogen) atoms. The Morgan fingerprint density at radius 2 is 1.41 bits per heavy atom. The molecule has 0 bridgehead atoms. The monoisotopic (exact) mass is 414 g/mol. The SMILES string of the molecule is O=C(Cc1cccc2ccccc12)CC1CCCc2c1ccc1c2ccc2ccccc21. The first-order valence-electron chi connectivity index (χ1n) is 11.7. The van der Waals surface area contributed by atoms with Gasteiger partial charge >= 0.3 is 0 Å². The molecule has 5 aromatic rings. The van der Waals surface area contributed by atoms with Gasteiger partial charge in [-0.25, -0.2) is 0 Å². The number of Topliss-reactive ketones (excluding diaryl/α,β-unsaturated/α-hetero) is 1. The largest absolute Gasteiger partial charge is 0.299 e. The smallest absolute Gasteiger partial charge is 0.137 e. The molecule has 1 unspecified atom stereocenters. The molecule has 1 atom stereocenters. The topological polar surface area (TPSA) is 17.1 Å². The van der Waals surface area contributed by atoms with Gasteiger partial charge in [0.25, 0.3) is 0 Å². The van der Waals surface area contributed by atoms with Crippen LogP contribution >= 0.6 is 0 Å². The summed E-state index contributed by atoms with van der Waals surface area (Å²) in [5.74, 6) is 0.676. The lowest BCUT2D eigenvalue weighted by Crippen LogP contribution is -2.15. The second kappa shape index (κ2) is 7.91. The summed E-state index contributed by atoms with van der Waals surface area (Å²) in [6, 6.07) is 32.4. The first kappa shape index (κ1) is 19.3. The molecule has 0 saturated heterocycles. The fourth-order valence-electron chi connectivity index (χ4n) is 5.73. The Hall–Kier alpha value is -3.45. The van der Waals surface area contributed by atoms with E-state index in [0.29, 0.717) is 24.5 Å². The second-order valence-electron chi connectivity index (χ2n) is 9.16. The summed E-state index contributed by atoms with van der Waals surface area (Å²) in [4.78, 5) is 13.2. The predicted molar refractivity (Wildman–Crippen MR) is 134 cm³/mol. The number of rotatable bonds is 4. The fraction of sp³-hybridized carbons (Fsp3) is 0.194. The number of hydrogen-bond acceptors (Lipinski definition) is 1. The maximum atomic E-state index is 13.2. The molecule has 1 aliphatic carbocycles. The third-order valence-corrected chi connectivity index (χ3v) is 7.23. The van der Waals surface area contributed by atoms with Crippen molar-refractivity contribution in [1.29, 1.82) is 0 Å². The van der Waals surface area contributed by atoms with Gasteiger partial charge in [0.05, 0.1) is 0 Å². The predicted octanol–water partition coefficient (Wildman–Crippen LogP) is 7.77. The van der Waals surface area contributed by atoms with Crippen LogP contribution < -0.4 is 0 Å². The molecule has 6 rings (SSSR count). The van der Waals surface area contributed by atoms with Crippen LogP contribution in [0.4, 0.5) is 0 Å². The third-order valence-electron chi connectivity index (χ3n) is 7.23. The van der Waals surface area contributed by atoms with Crippen LogP contribution in [0.3, 0.4) is 0 Å². The average Bonchev–Trinajstić information content (AvgIpc) is 2.84. The average molecular weight is 415 g/mol. The number of ketones is 1. The minimum Gasteiger partial charge on any atom is -0.299 e. The summed E-state index contributed by atoms with van der Waals surface area (Å²) in [5, 5.41) is 7.72. The molecular weight excluding hydrogens is 388 g/mol. The van der Waals surface area contributed by atoms with E-state index in [0.717, 1.165) is 24.8 Å². The van der Waals surface area contributed by atoms with E-state index < -0.39 is 0 Å². The van der Waals surface area contributed by atoms with Crippen LogP contribution in [0.2, 0.25) is 0 Å². The molecule has 1 heteroatoms. The Morgan fingerprint density at radius 1 is 0.688 bits per heavy atom. The first-order chi connectivity index (χ1) is 15.8. The Labute approximate surface area is 188 Å². The Balaban J connectivity index is 1.32. The van der Waals surface area contributed by atoms with Crippen molar-refractivity contribution in [3.05, 3.63) is 108 Å². The molecule has 5 aromatic carbocycles. The molecule has 1 nitrogen and oxygen atoms in total. The van der Waals surface area contributed by atoms with Crippen molar-refractivity contribution in [2.24, 2.45) is 0 Å². The highest BCUT2D eigenvalue weighted by Crippen LogP contribution is 2.40. The van der Waals surface area contributed by atoms with Crippen LogP contribution in [0, 0.1) is 0 Å². The minimum absolute atomic E-state index is 0.331. The van der Waals surface area contributed by atoms with Gasteiger partial charge in [0.1, 0.15) is 5.78 Å². The van der Waals surface area contributed by atoms with Gasteiger partial charge in [-0.05, 0) is 74.2 Å². The lowest BCUT2D eigenvalue weighted by atomic mass is 9.77. The normalized spacial score (nSPS) is 15.8. The first-order valence-corrected chi connectivity index (χ1v) is 11.7. The Morgan fingerprint density at radius 3 is 2.28 bits per heavy atom. The Kier molecular flexibility index (Phi) is 4.76. The van der Waals surface area contributed by atoms with Crippen LogP contribution in [0.1, 0.15) is 41.9 Å². The Bertz CT molecular complexity index is 1470. The van der Waals surface area contributed by atoms with E-state index in [-0.39, 0.29) is 0 Å². The molecule has 0 radical (unpaired) electrons. The van der Waals surface area contributed by atoms with E-state index in [1.165, 1.54) is 43.4 Å². The van der Waals surface area contributed by atoms with E-state index in [4.69, 9.17) is 0 Å². The fourth-order valence-corrected chi connectivity index (χ4v) is 5.73. The van der Waals surface area contributed by atoms with Crippen LogP contribution in [-0.4, -0.2) is 5.78 Å². The lowest BCUT2D eigenvalue weighted by Gasteiger charge is -2.27. The van der Waals surface area contributed by atoms with E-state index in [2.05, 4.69) is 91.0 Å². The quantitative estimate of drug-likeness (QED) is 0.275. The van der Waals surface area contributed by atoms with Crippen LogP contribution in [0.15, 0.2) is 91.0 Å². The van der Waals surface area contributed by atoms with Crippen molar-refractivity contribution in [2.75, 3.05) is 0 Å². The molecule has 0 heterocycles. The van der Waals surface area contributed by atoms with E-state index in [1.54, 1.807) is 0 Å². The van der Waals surface area contributed by atoms with Crippen LogP contribution in [0.5, 0.6) is 0 Å². The molecule has 0 fully saturated rings. The lowest BCUT2D eigenvalue weighted by molar-refractivity contribution is -0.118. The standard InChI is InChI=1S/C31H26O/c32-25(19-23-10-5-9-21-7-1-3-12-26(21)23)20-24-11-6-14-29-28(24)17-18-30-27-13-4-2-8-22(27)15-16-31(29)30/h1-5,7-10,12-13,15-18,24H,6,11,14,19-20H2. The summed E-state index contributed by atoms with van der Waals surface area (Å²) >= 11 is 0. The van der Waals surface area contributed by atoms with Crippen LogP contribution in [0.25, 0.3) is 32.3 Å². The molecule has 0 N–H and O–H groups in total. The number of carbonyl (C=O) groups excluding carboxylic acids is 1. The van der Waals surface area contributed by atoms with Crippen LogP contribution in [-0.2, 0) is 17.6 Å². The van der Waals surface area contributed by atoms with Gasteiger partial charge in [-0.15, -0.1) is 0 Å². The summed E-state index contributed by atoms with van der Waals surface area (Å²) in [7, 11) is 0. The molecule has 0 amide bonds. The van der Waals surface area contributed by atoms with Crippen molar-refractivity contribution in [3.8, 4) is 0 Å². The van der Waals surface area contributed by atoms with Gasteiger partial charge in [-0.2, -0.15) is 0 Å². The number of aryl methyl sites for hydroxylation is 1. The second-order valence-corrected chi connectivity index (χ2v) is 9.16. The van der Waals surface area contributed by atoms with E-state index >= 15 is 0 Å². The highest BCUT2D eigenvalue weighted by atomic mass is 16.1. The zero-order valence-electron chi connectivity index (χ0n) is 18.2. The molecular formula is C31H26O. The zero-order valence-corrected chi connectivity index (χ0v) is 18.2. The van der Waals surface area contributed by atoms with Gasteiger partial charge < -0.3 is 0 Å². The summed E-state index contributed by atoms with van der Waals surface area (Å²) in [5.41, 5.74) is 4.00. The molecule has 0 spiro atoms. The maximum Gasteiger partial charge on any atom is 0.137 e. The van der Waals surface area contributed by atoms with Gasteiger partial charge in [-0.3, -0.25) is 4.79 Å². The number of hydrogen-bond donors (Lipinski definition) is 0. The van der Waals surface area contributed by atoms with Crippen molar-refractivity contribution in [1.82, 2.24) is 0 Å². The molecule has 1 aliphatic rings. The van der Waals surface area contributed by atoms with E-state index in [9.17, 15) is 4.79 Å². The third kappa shape index (κ3) is 3.29. The van der Waals surface area contributed by atoms with Crippen molar-refractivity contribution < 1.29 is 4.79 Å². The zero-order chi connectivity index (χ0) is 21.5. The number of benzene rings is 5. The summed E-state index contributed by atoms with van der Waals surface area (Å²) in [6.07, 6.45) is 4.53. The van der Waals surface area contributed by atoms with E-state index in [1.807, 2.05) is 0 Å².